The predicted molar refractivity (Wildman–Crippen MR) is 75.0 cm³/mol. The molecule has 2 heterocycles. The van der Waals surface area contributed by atoms with Gasteiger partial charge in [-0.05, 0) is 37.2 Å². The maximum Gasteiger partial charge on any atom is 0.135 e. The highest BCUT2D eigenvalue weighted by atomic mass is 35.5. The normalized spacial score (nSPS) is 28.3. The molecule has 0 amide bonds. The van der Waals surface area contributed by atoms with Gasteiger partial charge in [0, 0.05) is 25.2 Å². The number of hydrogen-bond donors (Lipinski definition) is 0. The van der Waals surface area contributed by atoms with Crippen molar-refractivity contribution >= 4 is 23.2 Å². The zero-order valence-electron chi connectivity index (χ0n) is 10.4. The lowest BCUT2D eigenvalue weighted by atomic mass is 9.78. The van der Waals surface area contributed by atoms with E-state index in [9.17, 15) is 0 Å². The van der Waals surface area contributed by atoms with E-state index in [1.807, 2.05) is 12.1 Å². The first-order chi connectivity index (χ1) is 8.70. The smallest absolute Gasteiger partial charge is 0.135 e. The van der Waals surface area contributed by atoms with Crippen LogP contribution in [-0.4, -0.2) is 23.0 Å². The second-order valence-electron chi connectivity index (χ2n) is 5.68. The summed E-state index contributed by atoms with van der Waals surface area (Å²) in [5.74, 6) is 1.80. The molecule has 98 valence electrons. The van der Waals surface area contributed by atoms with Gasteiger partial charge in [-0.15, -0.1) is 0 Å². The van der Waals surface area contributed by atoms with E-state index < -0.39 is 0 Å². The molecule has 2 fully saturated rings. The number of aromatic nitrogens is 1. The van der Waals surface area contributed by atoms with Gasteiger partial charge in [0.25, 0.3) is 0 Å². The van der Waals surface area contributed by atoms with Crippen molar-refractivity contribution in [3.63, 3.8) is 0 Å². The molecule has 2 nitrogen and oxygen atoms in total. The summed E-state index contributed by atoms with van der Waals surface area (Å²) >= 11 is 12.0. The molecule has 4 heteroatoms. The number of nitrogens with zero attached hydrogens (tertiary/aromatic N) is 2. The van der Waals surface area contributed by atoms with Crippen LogP contribution >= 0.6 is 23.2 Å². The molecule has 18 heavy (non-hydrogen) atoms. The molecule has 1 saturated carbocycles. The van der Waals surface area contributed by atoms with Crippen molar-refractivity contribution in [2.24, 2.45) is 11.8 Å². The van der Waals surface area contributed by atoms with E-state index in [2.05, 4.69) is 9.88 Å². The van der Waals surface area contributed by atoms with Crippen molar-refractivity contribution in [2.75, 3.05) is 13.1 Å². The SMILES string of the molecule is Clc1ccc(CN2CC3CCCC(C3)C2)c(Cl)n1. The van der Waals surface area contributed by atoms with Gasteiger partial charge in [0.2, 0.25) is 0 Å². The molecule has 1 saturated heterocycles. The highest BCUT2D eigenvalue weighted by Crippen LogP contribution is 2.35. The molecule has 2 unspecified atom stereocenters. The molecular formula is C14H18Cl2N2. The minimum atomic E-state index is 0.472. The Morgan fingerprint density at radius 3 is 2.56 bits per heavy atom. The Labute approximate surface area is 118 Å². The molecule has 1 aromatic rings. The third-order valence-electron chi connectivity index (χ3n) is 4.21. The van der Waals surface area contributed by atoms with Crippen molar-refractivity contribution < 1.29 is 0 Å². The Bertz CT molecular complexity index is 424. The van der Waals surface area contributed by atoms with Crippen LogP contribution in [0.5, 0.6) is 0 Å². The number of rotatable bonds is 2. The molecule has 1 aliphatic carbocycles. The Morgan fingerprint density at radius 2 is 1.89 bits per heavy atom. The summed E-state index contributed by atoms with van der Waals surface area (Å²) in [5, 5.41) is 1.03. The monoisotopic (exact) mass is 284 g/mol. The van der Waals surface area contributed by atoms with E-state index >= 15 is 0 Å². The lowest BCUT2D eigenvalue weighted by Crippen LogP contribution is -2.42. The first kappa shape index (κ1) is 12.7. The molecule has 2 aliphatic rings. The fourth-order valence-corrected chi connectivity index (χ4v) is 3.87. The first-order valence-electron chi connectivity index (χ1n) is 6.74. The molecule has 1 aliphatic heterocycles. The summed E-state index contributed by atoms with van der Waals surface area (Å²) in [5.41, 5.74) is 1.10. The summed E-state index contributed by atoms with van der Waals surface area (Å²) in [6.07, 6.45) is 5.66. The van der Waals surface area contributed by atoms with Crippen LogP contribution in [-0.2, 0) is 6.54 Å². The lowest BCUT2D eigenvalue weighted by molar-refractivity contribution is 0.0807. The summed E-state index contributed by atoms with van der Waals surface area (Å²) in [4.78, 5) is 6.65. The Morgan fingerprint density at radius 1 is 1.17 bits per heavy atom. The Hall–Kier alpha value is -0.310. The summed E-state index contributed by atoms with van der Waals surface area (Å²) in [6, 6.07) is 3.83. The van der Waals surface area contributed by atoms with Gasteiger partial charge in [0.1, 0.15) is 10.3 Å². The number of pyridine rings is 1. The molecule has 0 aromatic carbocycles. The van der Waals surface area contributed by atoms with Crippen LogP contribution in [0.4, 0.5) is 0 Å². The third kappa shape index (κ3) is 2.81. The largest absolute Gasteiger partial charge is 0.298 e. The first-order valence-corrected chi connectivity index (χ1v) is 7.49. The summed E-state index contributed by atoms with van der Waals surface area (Å²) < 4.78 is 0. The van der Waals surface area contributed by atoms with Crippen LogP contribution in [0.3, 0.4) is 0 Å². The van der Waals surface area contributed by atoms with E-state index in [4.69, 9.17) is 23.2 Å². The highest BCUT2D eigenvalue weighted by Gasteiger charge is 2.30. The van der Waals surface area contributed by atoms with Crippen LogP contribution in [0.2, 0.25) is 10.3 Å². The Kier molecular flexibility index (Phi) is 3.78. The van der Waals surface area contributed by atoms with Crippen LogP contribution in [0.15, 0.2) is 12.1 Å². The van der Waals surface area contributed by atoms with Gasteiger partial charge >= 0.3 is 0 Å². The van der Waals surface area contributed by atoms with Crippen molar-refractivity contribution in [3.05, 3.63) is 28.0 Å². The fraction of sp³-hybridized carbons (Fsp3) is 0.643. The van der Waals surface area contributed by atoms with Gasteiger partial charge in [0.15, 0.2) is 0 Å². The molecule has 1 aromatic heterocycles. The average molecular weight is 285 g/mol. The third-order valence-corrected chi connectivity index (χ3v) is 4.75. The average Bonchev–Trinajstić information content (AvgIpc) is 2.32. The van der Waals surface area contributed by atoms with Gasteiger partial charge in [-0.3, -0.25) is 4.90 Å². The van der Waals surface area contributed by atoms with Crippen molar-refractivity contribution in [1.29, 1.82) is 0 Å². The van der Waals surface area contributed by atoms with Gasteiger partial charge in [0.05, 0.1) is 0 Å². The van der Waals surface area contributed by atoms with Crippen molar-refractivity contribution in [3.8, 4) is 0 Å². The number of hydrogen-bond acceptors (Lipinski definition) is 2. The molecule has 2 atom stereocenters. The van der Waals surface area contributed by atoms with Gasteiger partial charge in [-0.2, -0.15) is 0 Å². The fourth-order valence-electron chi connectivity index (χ4n) is 3.47. The zero-order chi connectivity index (χ0) is 12.5. The van der Waals surface area contributed by atoms with Crippen LogP contribution in [0.1, 0.15) is 31.2 Å². The molecule has 0 spiro atoms. The van der Waals surface area contributed by atoms with Crippen LogP contribution in [0, 0.1) is 11.8 Å². The molecule has 0 N–H and O–H groups in total. The highest BCUT2D eigenvalue weighted by molar-refractivity contribution is 6.32. The maximum atomic E-state index is 6.15. The lowest BCUT2D eigenvalue weighted by Gasteiger charge is -2.41. The topological polar surface area (TPSA) is 16.1 Å². The standard InChI is InChI=1S/C14H18Cl2N2/c15-13-5-4-12(14(16)17-13)9-18-7-10-2-1-3-11(6-10)8-18/h4-5,10-11H,1-3,6-9H2. The minimum Gasteiger partial charge on any atom is -0.298 e. The molecule has 0 radical (unpaired) electrons. The van der Waals surface area contributed by atoms with Crippen molar-refractivity contribution in [2.45, 2.75) is 32.2 Å². The number of likely N-dealkylation sites (tertiary alicyclic amines) is 1. The van der Waals surface area contributed by atoms with Gasteiger partial charge < -0.3 is 0 Å². The van der Waals surface area contributed by atoms with E-state index in [1.165, 1.54) is 38.8 Å². The predicted octanol–water partition coefficient (Wildman–Crippen LogP) is 4.01. The maximum absolute atomic E-state index is 6.15. The van der Waals surface area contributed by atoms with E-state index in [-0.39, 0.29) is 0 Å². The number of piperidine rings is 1. The van der Waals surface area contributed by atoms with E-state index in [0.717, 1.165) is 23.9 Å². The molecular weight excluding hydrogens is 267 g/mol. The zero-order valence-corrected chi connectivity index (χ0v) is 11.9. The van der Waals surface area contributed by atoms with E-state index in [1.54, 1.807) is 0 Å². The van der Waals surface area contributed by atoms with E-state index in [0.29, 0.717) is 10.3 Å². The molecule has 2 bridgehead atoms. The Balaban J connectivity index is 1.69. The quantitative estimate of drug-likeness (QED) is 0.763. The summed E-state index contributed by atoms with van der Waals surface area (Å²) in [7, 11) is 0. The van der Waals surface area contributed by atoms with Gasteiger partial charge in [-0.1, -0.05) is 35.7 Å². The van der Waals surface area contributed by atoms with Crippen LogP contribution in [0.25, 0.3) is 0 Å². The van der Waals surface area contributed by atoms with Crippen LogP contribution < -0.4 is 0 Å². The minimum absolute atomic E-state index is 0.472. The number of fused-ring (bicyclic) bond motifs is 2. The second-order valence-corrected chi connectivity index (χ2v) is 6.42. The van der Waals surface area contributed by atoms with Crippen molar-refractivity contribution in [1.82, 2.24) is 9.88 Å². The molecule has 3 rings (SSSR count). The second kappa shape index (κ2) is 5.36. The summed E-state index contributed by atoms with van der Waals surface area (Å²) in [6.45, 7) is 3.35. The number of halogens is 2. The van der Waals surface area contributed by atoms with Gasteiger partial charge in [-0.25, -0.2) is 4.98 Å².